The van der Waals surface area contributed by atoms with Crippen LogP contribution in [0.15, 0.2) is 65.6 Å². The Kier molecular flexibility index (Phi) is 6.32. The van der Waals surface area contributed by atoms with Crippen molar-refractivity contribution in [2.24, 2.45) is 0 Å². The number of amides is 1. The van der Waals surface area contributed by atoms with Crippen LogP contribution in [-0.2, 0) is 14.3 Å². The Hall–Kier alpha value is -2.57. The van der Waals surface area contributed by atoms with Gasteiger partial charge in [-0.2, -0.15) is 0 Å². The van der Waals surface area contributed by atoms with Gasteiger partial charge in [0.25, 0.3) is 5.91 Å². The van der Waals surface area contributed by atoms with Gasteiger partial charge in [-0.25, -0.2) is 4.39 Å². The summed E-state index contributed by atoms with van der Waals surface area (Å²) in [5, 5.41) is 4.81. The number of hydrogen-bond acceptors (Lipinski definition) is 4. The van der Waals surface area contributed by atoms with Crippen molar-refractivity contribution in [1.82, 2.24) is 0 Å². The van der Waals surface area contributed by atoms with Crippen molar-refractivity contribution >= 4 is 51.7 Å². The van der Waals surface area contributed by atoms with Gasteiger partial charge in [0.2, 0.25) is 0 Å². The van der Waals surface area contributed by atoms with Crippen molar-refractivity contribution in [3.8, 4) is 0 Å². The molecule has 4 nitrogen and oxygen atoms in total. The molecule has 0 unspecified atom stereocenters. The summed E-state index contributed by atoms with van der Waals surface area (Å²) in [4.78, 5) is 24.6. The summed E-state index contributed by atoms with van der Waals surface area (Å²) in [7, 11) is 0. The topological polar surface area (TPSA) is 55.4 Å². The van der Waals surface area contributed by atoms with Gasteiger partial charge in [0.1, 0.15) is 5.82 Å². The maximum absolute atomic E-state index is 13.5. The minimum absolute atomic E-state index is 0.0251. The molecule has 0 aliphatic rings. The molecule has 3 rings (SSSR count). The molecular formula is C20H15ClFNO3S. The molecule has 0 saturated heterocycles. The molecular weight excluding hydrogens is 389 g/mol. The fraction of sp³-hybridized carbons (Fsp3) is 0.100. The van der Waals surface area contributed by atoms with Crippen LogP contribution >= 0.6 is 23.4 Å². The van der Waals surface area contributed by atoms with E-state index >= 15 is 0 Å². The van der Waals surface area contributed by atoms with Gasteiger partial charge in [-0.05, 0) is 29.7 Å². The summed E-state index contributed by atoms with van der Waals surface area (Å²) in [6, 6.07) is 17.1. The Bertz CT molecular complexity index is 991. The summed E-state index contributed by atoms with van der Waals surface area (Å²) >= 11 is 7.54. The van der Waals surface area contributed by atoms with Crippen LogP contribution in [-0.4, -0.2) is 24.2 Å². The van der Waals surface area contributed by atoms with Crippen molar-refractivity contribution in [3.63, 3.8) is 0 Å². The highest BCUT2D eigenvalue weighted by Gasteiger charge is 2.12. The maximum atomic E-state index is 13.5. The van der Waals surface area contributed by atoms with Crippen LogP contribution in [0.1, 0.15) is 0 Å². The van der Waals surface area contributed by atoms with Gasteiger partial charge in [0.15, 0.2) is 6.61 Å². The van der Waals surface area contributed by atoms with E-state index in [-0.39, 0.29) is 11.4 Å². The number of thioether (sulfide) groups is 1. The van der Waals surface area contributed by atoms with Crippen LogP contribution in [0.4, 0.5) is 10.1 Å². The van der Waals surface area contributed by atoms with E-state index in [1.165, 1.54) is 30.0 Å². The predicted molar refractivity (Wildman–Crippen MR) is 106 cm³/mol. The first-order valence-corrected chi connectivity index (χ1v) is 9.41. The van der Waals surface area contributed by atoms with Crippen LogP contribution in [0, 0.1) is 5.82 Å². The van der Waals surface area contributed by atoms with E-state index in [0.29, 0.717) is 5.02 Å². The first kappa shape index (κ1) is 19.2. The Labute approximate surface area is 164 Å². The molecule has 0 aliphatic heterocycles. The Morgan fingerprint density at radius 2 is 1.78 bits per heavy atom. The molecule has 138 valence electrons. The van der Waals surface area contributed by atoms with Gasteiger partial charge in [0, 0.05) is 15.3 Å². The first-order chi connectivity index (χ1) is 13.0. The van der Waals surface area contributed by atoms with E-state index in [1.807, 2.05) is 30.3 Å². The number of anilines is 1. The predicted octanol–water partition coefficient (Wildman–Crippen LogP) is 4.91. The van der Waals surface area contributed by atoms with Crippen LogP contribution in [0.2, 0.25) is 5.02 Å². The molecule has 3 aromatic carbocycles. The number of esters is 1. The molecule has 0 saturated carbocycles. The number of halogens is 2. The normalized spacial score (nSPS) is 10.6. The first-order valence-electron chi connectivity index (χ1n) is 8.04. The molecule has 0 fully saturated rings. The van der Waals surface area contributed by atoms with Crippen molar-refractivity contribution in [3.05, 3.63) is 71.5 Å². The van der Waals surface area contributed by atoms with Gasteiger partial charge >= 0.3 is 5.97 Å². The Morgan fingerprint density at radius 1 is 1.04 bits per heavy atom. The third-order valence-electron chi connectivity index (χ3n) is 3.67. The highest BCUT2D eigenvalue weighted by atomic mass is 35.5. The minimum atomic E-state index is -0.605. The van der Waals surface area contributed by atoms with Crippen LogP contribution in [0.25, 0.3) is 10.8 Å². The lowest BCUT2D eigenvalue weighted by atomic mass is 10.1. The number of para-hydroxylation sites is 1. The highest BCUT2D eigenvalue weighted by molar-refractivity contribution is 8.00. The number of benzene rings is 3. The molecule has 0 radical (unpaired) electrons. The number of hydrogen-bond donors (Lipinski definition) is 1. The zero-order valence-corrected chi connectivity index (χ0v) is 15.6. The summed E-state index contributed by atoms with van der Waals surface area (Å²) in [6.07, 6.45) is 0. The molecule has 7 heteroatoms. The number of carbonyl (C=O) groups is 2. The number of ether oxygens (including phenoxy) is 1. The lowest BCUT2D eigenvalue weighted by Crippen LogP contribution is -2.22. The van der Waals surface area contributed by atoms with Gasteiger partial charge in [-0.3, -0.25) is 9.59 Å². The second kappa shape index (κ2) is 8.88. The lowest BCUT2D eigenvalue weighted by Gasteiger charge is -2.09. The summed E-state index contributed by atoms with van der Waals surface area (Å²) in [5.74, 6) is -1.68. The van der Waals surface area contributed by atoms with Gasteiger partial charge in [0.05, 0.1) is 11.4 Å². The number of fused-ring (bicyclic) bond motifs is 1. The fourth-order valence-corrected chi connectivity index (χ4v) is 3.70. The highest BCUT2D eigenvalue weighted by Crippen LogP contribution is 2.33. The largest absolute Gasteiger partial charge is 0.455 e. The SMILES string of the molecule is O=C(COC(=O)CSc1cccc2cccc(Cl)c12)Nc1ccccc1F. The summed E-state index contributed by atoms with van der Waals surface area (Å²) in [6.45, 7) is -0.482. The van der Waals surface area contributed by atoms with E-state index in [2.05, 4.69) is 5.32 Å². The fourth-order valence-electron chi connectivity index (χ4n) is 2.46. The molecule has 0 bridgehead atoms. The minimum Gasteiger partial charge on any atom is -0.455 e. The second-order valence-corrected chi connectivity index (χ2v) is 7.00. The van der Waals surface area contributed by atoms with E-state index in [4.69, 9.17) is 16.3 Å². The zero-order chi connectivity index (χ0) is 19.2. The monoisotopic (exact) mass is 403 g/mol. The summed E-state index contributed by atoms with van der Waals surface area (Å²) in [5.41, 5.74) is 0.0401. The quantitative estimate of drug-likeness (QED) is 0.469. The van der Waals surface area contributed by atoms with E-state index < -0.39 is 24.3 Å². The Balaban J connectivity index is 1.53. The van der Waals surface area contributed by atoms with Crippen molar-refractivity contribution in [2.45, 2.75) is 4.90 Å². The smallest absolute Gasteiger partial charge is 0.316 e. The number of rotatable bonds is 6. The molecule has 0 atom stereocenters. The van der Waals surface area contributed by atoms with Gasteiger partial charge in [-0.15, -0.1) is 11.8 Å². The van der Waals surface area contributed by atoms with Crippen molar-refractivity contribution < 1.29 is 18.7 Å². The zero-order valence-electron chi connectivity index (χ0n) is 14.1. The molecule has 3 aromatic rings. The molecule has 27 heavy (non-hydrogen) atoms. The number of carbonyl (C=O) groups excluding carboxylic acids is 2. The average molecular weight is 404 g/mol. The van der Waals surface area contributed by atoms with Crippen molar-refractivity contribution in [1.29, 1.82) is 0 Å². The summed E-state index contributed by atoms with van der Waals surface area (Å²) < 4.78 is 18.4. The Morgan fingerprint density at radius 3 is 2.56 bits per heavy atom. The van der Waals surface area contributed by atoms with E-state index in [0.717, 1.165) is 15.7 Å². The van der Waals surface area contributed by atoms with Gasteiger partial charge in [-0.1, -0.05) is 48.0 Å². The third-order valence-corrected chi connectivity index (χ3v) is 5.02. The van der Waals surface area contributed by atoms with Gasteiger partial charge < -0.3 is 10.1 Å². The van der Waals surface area contributed by atoms with Crippen LogP contribution in [0.5, 0.6) is 0 Å². The molecule has 0 aromatic heterocycles. The van der Waals surface area contributed by atoms with E-state index in [9.17, 15) is 14.0 Å². The molecule has 0 heterocycles. The molecule has 0 aliphatic carbocycles. The number of nitrogens with one attached hydrogen (secondary N) is 1. The molecule has 1 N–H and O–H groups in total. The van der Waals surface area contributed by atoms with Crippen LogP contribution < -0.4 is 5.32 Å². The molecule has 0 spiro atoms. The maximum Gasteiger partial charge on any atom is 0.316 e. The standard InChI is InChI=1S/C20H15ClFNO3S/c21-14-7-3-5-13-6-4-10-17(20(13)14)27-12-19(25)26-11-18(24)23-16-9-2-1-8-15(16)22/h1-10H,11-12H2,(H,23,24). The molecule has 1 amide bonds. The van der Waals surface area contributed by atoms with E-state index in [1.54, 1.807) is 12.1 Å². The average Bonchev–Trinajstić information content (AvgIpc) is 2.66. The second-order valence-electron chi connectivity index (χ2n) is 5.57. The van der Waals surface area contributed by atoms with Crippen molar-refractivity contribution in [2.75, 3.05) is 17.7 Å². The van der Waals surface area contributed by atoms with Crippen LogP contribution in [0.3, 0.4) is 0 Å². The third kappa shape index (κ3) is 4.99. The lowest BCUT2D eigenvalue weighted by molar-refractivity contribution is -0.144.